The van der Waals surface area contributed by atoms with Gasteiger partial charge in [-0.1, -0.05) is 0 Å². The summed E-state index contributed by atoms with van der Waals surface area (Å²) in [7, 11) is 0. The van der Waals surface area contributed by atoms with Crippen LogP contribution >= 0.6 is 11.6 Å². The second kappa shape index (κ2) is 5.89. The van der Waals surface area contributed by atoms with Crippen LogP contribution in [0.1, 0.15) is 34.6 Å². The molecule has 3 nitrogen and oxygen atoms in total. The minimum absolute atomic E-state index is 0.0167. The van der Waals surface area contributed by atoms with Gasteiger partial charge in [0.15, 0.2) is 5.78 Å². The lowest BCUT2D eigenvalue weighted by Gasteiger charge is -2.24. The van der Waals surface area contributed by atoms with Crippen LogP contribution in [0.25, 0.3) is 0 Å². The summed E-state index contributed by atoms with van der Waals surface area (Å²) in [5.74, 6) is 0.729. The molecule has 2 heterocycles. The summed E-state index contributed by atoms with van der Waals surface area (Å²) in [6.45, 7) is 6.76. The highest BCUT2D eigenvalue weighted by atomic mass is 35.5. The lowest BCUT2D eigenvalue weighted by atomic mass is 10.0. The van der Waals surface area contributed by atoms with Crippen molar-refractivity contribution in [3.8, 4) is 0 Å². The maximum Gasteiger partial charge on any atom is 0.179 e. The molecule has 18 heavy (non-hydrogen) atoms. The zero-order valence-electron chi connectivity index (χ0n) is 11.0. The molecule has 1 aromatic rings. The number of rotatable bonds is 4. The number of Topliss-reactive ketones (excluding diaryl/α,β-unsaturated/α-hetero) is 1. The van der Waals surface area contributed by atoms with Crippen molar-refractivity contribution < 1.29 is 9.53 Å². The van der Waals surface area contributed by atoms with E-state index in [1.165, 1.54) is 0 Å². The van der Waals surface area contributed by atoms with E-state index in [2.05, 4.69) is 11.5 Å². The lowest BCUT2D eigenvalue weighted by Crippen LogP contribution is -2.21. The molecule has 0 aliphatic carbocycles. The molecule has 100 valence electrons. The fourth-order valence-corrected chi connectivity index (χ4v) is 2.77. The number of aryl methyl sites for hydroxylation is 1. The zero-order valence-corrected chi connectivity index (χ0v) is 11.8. The summed E-state index contributed by atoms with van der Waals surface area (Å²) in [5.41, 5.74) is 2.96. The summed E-state index contributed by atoms with van der Waals surface area (Å²) < 4.78 is 7.62. The van der Waals surface area contributed by atoms with Gasteiger partial charge >= 0.3 is 0 Å². The Morgan fingerprint density at radius 2 is 2.11 bits per heavy atom. The fourth-order valence-electron chi connectivity index (χ4n) is 2.62. The number of hydrogen-bond donors (Lipinski definition) is 0. The van der Waals surface area contributed by atoms with Crippen molar-refractivity contribution in [3.05, 3.63) is 23.0 Å². The average molecular weight is 270 g/mol. The second-order valence-electron chi connectivity index (χ2n) is 5.01. The second-order valence-corrected chi connectivity index (χ2v) is 5.28. The minimum Gasteiger partial charge on any atom is -0.381 e. The molecule has 0 radical (unpaired) electrons. The van der Waals surface area contributed by atoms with Gasteiger partial charge in [-0.2, -0.15) is 0 Å². The Kier molecular flexibility index (Phi) is 4.46. The fraction of sp³-hybridized carbons (Fsp3) is 0.643. The Labute approximate surface area is 113 Å². The van der Waals surface area contributed by atoms with Gasteiger partial charge in [0.1, 0.15) is 0 Å². The van der Waals surface area contributed by atoms with Gasteiger partial charge in [0.2, 0.25) is 0 Å². The molecule has 4 heteroatoms. The normalized spacial score (nSPS) is 17.1. The average Bonchev–Trinajstić information content (AvgIpc) is 2.67. The molecular weight excluding hydrogens is 250 g/mol. The highest BCUT2D eigenvalue weighted by molar-refractivity contribution is 6.30. The maximum atomic E-state index is 11.7. The minimum atomic E-state index is 0.0167. The standard InChI is InChI=1S/C14H20ClNO2/c1-10-7-13(14(17)8-15)11(2)16(10)9-12-3-5-18-6-4-12/h7,12H,3-6,8-9H2,1-2H3. The highest BCUT2D eigenvalue weighted by Gasteiger charge is 2.19. The van der Waals surface area contributed by atoms with Crippen molar-refractivity contribution in [2.45, 2.75) is 33.2 Å². The smallest absolute Gasteiger partial charge is 0.179 e. The molecule has 0 unspecified atom stereocenters. The van der Waals surface area contributed by atoms with Crippen LogP contribution in [0.3, 0.4) is 0 Å². The van der Waals surface area contributed by atoms with Gasteiger partial charge in [0, 0.05) is 36.7 Å². The number of carbonyl (C=O) groups is 1. The van der Waals surface area contributed by atoms with Crippen LogP contribution in [0, 0.1) is 19.8 Å². The van der Waals surface area contributed by atoms with E-state index in [9.17, 15) is 4.79 Å². The van der Waals surface area contributed by atoms with Crippen LogP contribution < -0.4 is 0 Å². The highest BCUT2D eigenvalue weighted by Crippen LogP contribution is 2.22. The molecule has 1 saturated heterocycles. The first kappa shape index (κ1) is 13.6. The Balaban J connectivity index is 2.17. The molecule has 0 aromatic carbocycles. The van der Waals surface area contributed by atoms with Gasteiger partial charge in [-0.15, -0.1) is 11.6 Å². The summed E-state index contributed by atoms with van der Waals surface area (Å²) in [6, 6.07) is 1.96. The Bertz CT molecular complexity index is 433. The van der Waals surface area contributed by atoms with Crippen LogP contribution in [0.15, 0.2) is 6.07 Å². The third-order valence-corrected chi connectivity index (χ3v) is 4.02. The Hall–Kier alpha value is -0.800. The van der Waals surface area contributed by atoms with E-state index in [4.69, 9.17) is 16.3 Å². The van der Waals surface area contributed by atoms with E-state index in [1.807, 2.05) is 13.0 Å². The molecule has 0 spiro atoms. The van der Waals surface area contributed by atoms with Gasteiger partial charge in [-0.25, -0.2) is 0 Å². The van der Waals surface area contributed by atoms with E-state index in [0.29, 0.717) is 5.92 Å². The van der Waals surface area contributed by atoms with Gasteiger partial charge < -0.3 is 9.30 Å². The third-order valence-electron chi connectivity index (χ3n) is 3.78. The largest absolute Gasteiger partial charge is 0.381 e. The van der Waals surface area contributed by atoms with Crippen LogP contribution in [-0.2, 0) is 11.3 Å². The van der Waals surface area contributed by atoms with E-state index < -0.39 is 0 Å². The lowest BCUT2D eigenvalue weighted by molar-refractivity contribution is 0.0609. The van der Waals surface area contributed by atoms with Gasteiger partial charge in [-0.3, -0.25) is 4.79 Å². The zero-order chi connectivity index (χ0) is 13.1. The first-order valence-corrected chi connectivity index (χ1v) is 7.00. The summed E-state index contributed by atoms with van der Waals surface area (Å²) in [5, 5.41) is 0. The SMILES string of the molecule is Cc1cc(C(=O)CCl)c(C)n1CC1CCOCC1. The third kappa shape index (κ3) is 2.78. The Morgan fingerprint density at radius 1 is 1.44 bits per heavy atom. The molecule has 0 saturated carbocycles. The van der Waals surface area contributed by atoms with E-state index in [-0.39, 0.29) is 11.7 Å². The van der Waals surface area contributed by atoms with Crippen LogP contribution in [0.4, 0.5) is 0 Å². The molecule has 1 aromatic heterocycles. The number of ether oxygens (including phenoxy) is 1. The van der Waals surface area contributed by atoms with E-state index >= 15 is 0 Å². The molecule has 2 rings (SSSR count). The first-order valence-electron chi connectivity index (χ1n) is 6.47. The number of aromatic nitrogens is 1. The summed E-state index contributed by atoms with van der Waals surface area (Å²) in [4.78, 5) is 11.7. The predicted molar refractivity (Wildman–Crippen MR) is 72.5 cm³/mol. The molecule has 0 bridgehead atoms. The topological polar surface area (TPSA) is 31.2 Å². The number of ketones is 1. The molecule has 0 amide bonds. The van der Waals surface area contributed by atoms with Gasteiger partial charge in [-0.05, 0) is 38.7 Å². The summed E-state index contributed by atoms with van der Waals surface area (Å²) in [6.07, 6.45) is 2.21. The maximum absolute atomic E-state index is 11.7. The van der Waals surface area contributed by atoms with Crippen molar-refractivity contribution in [1.29, 1.82) is 0 Å². The van der Waals surface area contributed by atoms with Crippen molar-refractivity contribution in [3.63, 3.8) is 0 Å². The number of halogens is 1. The van der Waals surface area contributed by atoms with Crippen LogP contribution in [0.2, 0.25) is 0 Å². The van der Waals surface area contributed by atoms with Gasteiger partial charge in [0.25, 0.3) is 0 Å². The van der Waals surface area contributed by atoms with Gasteiger partial charge in [0.05, 0.1) is 5.88 Å². The summed E-state index contributed by atoms with van der Waals surface area (Å²) >= 11 is 5.64. The molecule has 1 aliphatic heterocycles. The first-order chi connectivity index (χ1) is 8.63. The van der Waals surface area contributed by atoms with Crippen LogP contribution in [0.5, 0.6) is 0 Å². The van der Waals surface area contributed by atoms with Crippen molar-refractivity contribution in [2.24, 2.45) is 5.92 Å². The number of carbonyl (C=O) groups excluding carboxylic acids is 1. The van der Waals surface area contributed by atoms with Crippen molar-refractivity contribution >= 4 is 17.4 Å². The quantitative estimate of drug-likeness (QED) is 0.622. The van der Waals surface area contributed by atoms with E-state index in [1.54, 1.807) is 0 Å². The molecule has 1 aliphatic rings. The molecule has 1 fully saturated rings. The monoisotopic (exact) mass is 269 g/mol. The molecule has 0 atom stereocenters. The molecular formula is C14H20ClNO2. The number of alkyl halides is 1. The Morgan fingerprint density at radius 3 is 2.72 bits per heavy atom. The van der Waals surface area contributed by atoms with Crippen molar-refractivity contribution in [2.75, 3.05) is 19.1 Å². The van der Waals surface area contributed by atoms with Crippen molar-refractivity contribution in [1.82, 2.24) is 4.57 Å². The number of hydrogen-bond acceptors (Lipinski definition) is 2. The number of nitrogens with zero attached hydrogens (tertiary/aromatic N) is 1. The van der Waals surface area contributed by atoms with Crippen LogP contribution in [-0.4, -0.2) is 29.4 Å². The van der Waals surface area contributed by atoms with E-state index in [0.717, 1.165) is 49.6 Å². The molecule has 0 N–H and O–H groups in total. The predicted octanol–water partition coefficient (Wildman–Crippen LogP) is 2.95.